The lowest BCUT2D eigenvalue weighted by Gasteiger charge is -2.37. The summed E-state index contributed by atoms with van der Waals surface area (Å²) in [6.07, 6.45) is 3.88. The standard InChI is InChI=1S/C23H25N3O/c1-25(16-18-8-3-2-4-9-18)20-11-7-15-26(17-20)23(27)22-21-12-6-5-10-19(21)13-14-24-22/h2-6,8-10,12-14,20H,7,11,15-17H2,1H3. The van der Waals surface area contributed by atoms with Gasteiger partial charge in [0, 0.05) is 37.3 Å². The number of carbonyl (C=O) groups is 1. The monoisotopic (exact) mass is 359 g/mol. The van der Waals surface area contributed by atoms with Crippen LogP contribution in [0, 0.1) is 0 Å². The first-order valence-electron chi connectivity index (χ1n) is 9.59. The molecule has 1 fully saturated rings. The van der Waals surface area contributed by atoms with Crippen molar-refractivity contribution >= 4 is 16.7 Å². The third-order valence-electron chi connectivity index (χ3n) is 5.46. The molecule has 1 aliphatic rings. The summed E-state index contributed by atoms with van der Waals surface area (Å²) in [7, 11) is 2.15. The maximum atomic E-state index is 13.2. The normalized spacial score (nSPS) is 17.4. The Morgan fingerprint density at radius 1 is 1.11 bits per heavy atom. The maximum Gasteiger partial charge on any atom is 0.273 e. The second-order valence-electron chi connectivity index (χ2n) is 7.33. The van der Waals surface area contributed by atoms with E-state index in [1.165, 1.54) is 5.56 Å². The molecule has 0 radical (unpaired) electrons. The van der Waals surface area contributed by atoms with Gasteiger partial charge in [0.1, 0.15) is 5.69 Å². The van der Waals surface area contributed by atoms with E-state index >= 15 is 0 Å². The fourth-order valence-electron chi connectivity index (χ4n) is 3.94. The van der Waals surface area contributed by atoms with Crippen molar-refractivity contribution in [1.82, 2.24) is 14.8 Å². The van der Waals surface area contributed by atoms with Crippen LogP contribution in [-0.2, 0) is 6.54 Å². The third-order valence-corrected chi connectivity index (χ3v) is 5.46. The van der Waals surface area contributed by atoms with Gasteiger partial charge < -0.3 is 4.90 Å². The zero-order valence-corrected chi connectivity index (χ0v) is 15.7. The number of likely N-dealkylation sites (N-methyl/N-ethyl adjacent to an activating group) is 1. The van der Waals surface area contributed by atoms with Gasteiger partial charge >= 0.3 is 0 Å². The number of nitrogens with zero attached hydrogens (tertiary/aromatic N) is 3. The van der Waals surface area contributed by atoms with Crippen LogP contribution in [0.5, 0.6) is 0 Å². The Morgan fingerprint density at radius 2 is 1.89 bits per heavy atom. The van der Waals surface area contributed by atoms with Gasteiger partial charge in [-0.25, -0.2) is 0 Å². The van der Waals surface area contributed by atoms with Gasteiger partial charge in [-0.1, -0.05) is 54.6 Å². The van der Waals surface area contributed by atoms with Crippen molar-refractivity contribution in [2.75, 3.05) is 20.1 Å². The van der Waals surface area contributed by atoms with Crippen molar-refractivity contribution < 1.29 is 4.79 Å². The molecule has 0 saturated carbocycles. The lowest BCUT2D eigenvalue weighted by molar-refractivity contribution is 0.0598. The number of benzene rings is 2. The van der Waals surface area contributed by atoms with Gasteiger partial charge in [-0.2, -0.15) is 0 Å². The summed E-state index contributed by atoms with van der Waals surface area (Å²) in [6, 6.07) is 20.8. The first-order valence-corrected chi connectivity index (χ1v) is 9.59. The van der Waals surface area contributed by atoms with E-state index in [9.17, 15) is 4.79 Å². The molecule has 0 N–H and O–H groups in total. The molecule has 0 bridgehead atoms. The van der Waals surface area contributed by atoms with Crippen molar-refractivity contribution in [3.8, 4) is 0 Å². The molecule has 27 heavy (non-hydrogen) atoms. The van der Waals surface area contributed by atoms with Crippen LogP contribution in [0.25, 0.3) is 10.8 Å². The second-order valence-corrected chi connectivity index (χ2v) is 7.33. The molecule has 138 valence electrons. The molecular formula is C23H25N3O. The Morgan fingerprint density at radius 3 is 2.74 bits per heavy atom. The quantitative estimate of drug-likeness (QED) is 0.707. The van der Waals surface area contributed by atoms with Gasteiger partial charge in [-0.15, -0.1) is 0 Å². The number of aromatic nitrogens is 1. The van der Waals surface area contributed by atoms with E-state index in [-0.39, 0.29) is 5.91 Å². The van der Waals surface area contributed by atoms with Crippen LogP contribution in [0.1, 0.15) is 28.9 Å². The summed E-state index contributed by atoms with van der Waals surface area (Å²) >= 11 is 0. The Balaban J connectivity index is 1.50. The fraction of sp³-hybridized carbons (Fsp3) is 0.304. The van der Waals surface area contributed by atoms with Gasteiger partial charge in [0.15, 0.2) is 0 Å². The van der Waals surface area contributed by atoms with Crippen molar-refractivity contribution in [3.63, 3.8) is 0 Å². The van der Waals surface area contributed by atoms with Crippen LogP contribution in [0.15, 0.2) is 66.9 Å². The van der Waals surface area contributed by atoms with Crippen molar-refractivity contribution in [2.45, 2.75) is 25.4 Å². The van der Waals surface area contributed by atoms with Crippen LogP contribution in [0.2, 0.25) is 0 Å². The van der Waals surface area contributed by atoms with E-state index in [1.54, 1.807) is 6.20 Å². The van der Waals surface area contributed by atoms with Crippen molar-refractivity contribution in [1.29, 1.82) is 0 Å². The largest absolute Gasteiger partial charge is 0.336 e. The van der Waals surface area contributed by atoms with Gasteiger partial charge in [-0.05, 0) is 36.9 Å². The number of amides is 1. The van der Waals surface area contributed by atoms with Gasteiger partial charge in [0.25, 0.3) is 5.91 Å². The number of hydrogen-bond donors (Lipinski definition) is 0. The number of pyridine rings is 1. The number of hydrogen-bond acceptors (Lipinski definition) is 3. The molecule has 4 nitrogen and oxygen atoms in total. The molecule has 0 aliphatic carbocycles. The molecule has 2 aromatic carbocycles. The van der Waals surface area contributed by atoms with E-state index in [0.29, 0.717) is 11.7 Å². The van der Waals surface area contributed by atoms with Crippen LogP contribution < -0.4 is 0 Å². The molecule has 1 aromatic heterocycles. The average molecular weight is 359 g/mol. The minimum atomic E-state index is 0.0459. The highest BCUT2D eigenvalue weighted by molar-refractivity contribution is 6.05. The topological polar surface area (TPSA) is 36.4 Å². The van der Waals surface area contributed by atoms with E-state index in [0.717, 1.165) is 43.2 Å². The molecule has 1 amide bonds. The second kappa shape index (κ2) is 7.89. The molecule has 1 atom stereocenters. The van der Waals surface area contributed by atoms with E-state index in [2.05, 4.69) is 41.2 Å². The zero-order valence-electron chi connectivity index (χ0n) is 15.7. The number of rotatable bonds is 4. The van der Waals surface area contributed by atoms with Crippen LogP contribution in [-0.4, -0.2) is 46.9 Å². The maximum absolute atomic E-state index is 13.2. The van der Waals surface area contributed by atoms with Crippen LogP contribution in [0.4, 0.5) is 0 Å². The number of carbonyl (C=O) groups excluding carboxylic acids is 1. The Bertz CT molecular complexity index is 920. The summed E-state index contributed by atoms with van der Waals surface area (Å²) in [4.78, 5) is 21.9. The van der Waals surface area contributed by atoms with Gasteiger partial charge in [-0.3, -0.25) is 14.7 Å². The predicted molar refractivity (Wildman–Crippen MR) is 109 cm³/mol. The molecular weight excluding hydrogens is 334 g/mol. The Kier molecular flexibility index (Phi) is 5.16. The smallest absolute Gasteiger partial charge is 0.273 e. The lowest BCUT2D eigenvalue weighted by atomic mass is 10.0. The van der Waals surface area contributed by atoms with Crippen LogP contribution in [0.3, 0.4) is 0 Å². The summed E-state index contributed by atoms with van der Waals surface area (Å²) in [5.41, 5.74) is 1.87. The molecule has 3 aromatic rings. The Hall–Kier alpha value is -2.72. The van der Waals surface area contributed by atoms with Gasteiger partial charge in [0.05, 0.1) is 0 Å². The predicted octanol–water partition coefficient (Wildman–Crippen LogP) is 3.97. The van der Waals surface area contributed by atoms with Crippen LogP contribution >= 0.6 is 0 Å². The zero-order chi connectivity index (χ0) is 18.6. The highest BCUT2D eigenvalue weighted by Crippen LogP contribution is 2.22. The third kappa shape index (κ3) is 3.86. The number of piperidine rings is 1. The minimum absolute atomic E-state index is 0.0459. The average Bonchev–Trinajstić information content (AvgIpc) is 2.73. The molecule has 2 heterocycles. The minimum Gasteiger partial charge on any atom is -0.336 e. The fourth-order valence-corrected chi connectivity index (χ4v) is 3.94. The highest BCUT2D eigenvalue weighted by Gasteiger charge is 2.28. The van der Waals surface area contributed by atoms with Crippen molar-refractivity contribution in [3.05, 3.63) is 78.1 Å². The van der Waals surface area contributed by atoms with Crippen molar-refractivity contribution in [2.24, 2.45) is 0 Å². The lowest BCUT2D eigenvalue weighted by Crippen LogP contribution is -2.48. The SMILES string of the molecule is CN(Cc1ccccc1)C1CCCN(C(=O)c2nccc3ccccc23)C1. The van der Waals surface area contributed by atoms with E-state index in [4.69, 9.17) is 0 Å². The number of fused-ring (bicyclic) bond motifs is 1. The Labute approximate surface area is 160 Å². The van der Waals surface area contributed by atoms with E-state index in [1.807, 2.05) is 41.3 Å². The highest BCUT2D eigenvalue weighted by atomic mass is 16.2. The first-order chi connectivity index (χ1) is 13.2. The van der Waals surface area contributed by atoms with E-state index < -0.39 is 0 Å². The molecule has 4 rings (SSSR count). The molecule has 1 unspecified atom stereocenters. The molecule has 1 saturated heterocycles. The summed E-state index contributed by atoms with van der Waals surface area (Å²) in [5, 5.41) is 2.00. The molecule has 4 heteroatoms. The summed E-state index contributed by atoms with van der Waals surface area (Å²) < 4.78 is 0. The summed E-state index contributed by atoms with van der Waals surface area (Å²) in [5.74, 6) is 0.0459. The molecule has 1 aliphatic heterocycles. The molecule has 0 spiro atoms. The first kappa shape index (κ1) is 17.7. The summed E-state index contributed by atoms with van der Waals surface area (Å²) in [6.45, 7) is 2.46. The number of likely N-dealkylation sites (tertiary alicyclic amines) is 1. The van der Waals surface area contributed by atoms with Gasteiger partial charge in [0.2, 0.25) is 0 Å².